The number of ether oxygens (including phenoxy) is 1. The Kier molecular flexibility index (Phi) is 4.38. The summed E-state index contributed by atoms with van der Waals surface area (Å²) >= 11 is 0. The second-order valence-electron chi connectivity index (χ2n) is 6.86. The molecule has 142 valence electrons. The van der Waals surface area contributed by atoms with E-state index in [1.165, 1.54) is 13.2 Å². The van der Waals surface area contributed by atoms with Gasteiger partial charge in [0.2, 0.25) is 0 Å². The van der Waals surface area contributed by atoms with Gasteiger partial charge in [-0.25, -0.2) is 4.39 Å². The number of oxime groups is 1. The molecule has 0 saturated carbocycles. The van der Waals surface area contributed by atoms with Crippen molar-refractivity contribution in [3.05, 3.63) is 57.4 Å². The standard InChI is InChI=1S/C18H19FN4O4/c1-18(2)9-22(11-6-4-5-7-12(11)23(25)26)16-13(27-3)8-10(19)14(15(16)18)17(20)21-24/h4-8,24H,9H2,1-3H3,(H2,20,21). The predicted molar refractivity (Wildman–Crippen MR) is 98.6 cm³/mol. The molecule has 0 saturated heterocycles. The fourth-order valence-electron chi connectivity index (χ4n) is 3.61. The van der Waals surface area contributed by atoms with Crippen molar-refractivity contribution >= 4 is 22.9 Å². The number of halogens is 1. The molecule has 1 heterocycles. The Labute approximate surface area is 154 Å². The highest BCUT2D eigenvalue weighted by atomic mass is 19.1. The van der Waals surface area contributed by atoms with Crippen LogP contribution in [0.5, 0.6) is 5.75 Å². The zero-order chi connectivity index (χ0) is 19.9. The van der Waals surface area contributed by atoms with E-state index < -0.39 is 16.2 Å². The van der Waals surface area contributed by atoms with Gasteiger partial charge in [0.1, 0.15) is 17.3 Å². The van der Waals surface area contributed by atoms with Crippen molar-refractivity contribution in [3.8, 4) is 5.75 Å². The minimum atomic E-state index is -0.696. The van der Waals surface area contributed by atoms with E-state index >= 15 is 0 Å². The van der Waals surface area contributed by atoms with Crippen LogP contribution >= 0.6 is 0 Å². The number of nitrogens with zero attached hydrogens (tertiary/aromatic N) is 3. The first-order chi connectivity index (χ1) is 12.7. The molecule has 0 unspecified atom stereocenters. The number of methoxy groups -OCH3 is 1. The van der Waals surface area contributed by atoms with Gasteiger partial charge in [-0.15, -0.1) is 0 Å². The maximum Gasteiger partial charge on any atom is 0.292 e. The van der Waals surface area contributed by atoms with Gasteiger partial charge in [-0.1, -0.05) is 31.1 Å². The third-order valence-electron chi connectivity index (χ3n) is 4.67. The van der Waals surface area contributed by atoms with Crippen LogP contribution in [-0.4, -0.2) is 29.6 Å². The lowest BCUT2D eigenvalue weighted by atomic mass is 9.83. The summed E-state index contributed by atoms with van der Waals surface area (Å²) in [6.07, 6.45) is 0. The smallest absolute Gasteiger partial charge is 0.292 e. The Morgan fingerprint density at radius 1 is 1.44 bits per heavy atom. The third kappa shape index (κ3) is 2.80. The van der Waals surface area contributed by atoms with E-state index in [4.69, 9.17) is 15.7 Å². The number of amidine groups is 1. The summed E-state index contributed by atoms with van der Waals surface area (Å²) in [5.74, 6) is -0.858. The van der Waals surface area contributed by atoms with Crippen LogP contribution in [-0.2, 0) is 5.41 Å². The van der Waals surface area contributed by atoms with Crippen molar-refractivity contribution in [3.63, 3.8) is 0 Å². The molecular weight excluding hydrogens is 355 g/mol. The molecule has 2 aromatic rings. The van der Waals surface area contributed by atoms with Crippen LogP contribution in [0.1, 0.15) is 25.0 Å². The predicted octanol–water partition coefficient (Wildman–Crippen LogP) is 3.27. The van der Waals surface area contributed by atoms with Gasteiger partial charge in [0, 0.05) is 29.7 Å². The van der Waals surface area contributed by atoms with E-state index in [0.29, 0.717) is 23.5 Å². The number of nitro benzene ring substituents is 1. The summed E-state index contributed by atoms with van der Waals surface area (Å²) < 4.78 is 20.1. The molecule has 0 radical (unpaired) electrons. The number of benzene rings is 2. The molecule has 0 bridgehead atoms. The molecule has 1 aliphatic rings. The van der Waals surface area contributed by atoms with Crippen molar-refractivity contribution in [2.75, 3.05) is 18.6 Å². The molecule has 0 spiro atoms. The van der Waals surface area contributed by atoms with Gasteiger partial charge in [-0.05, 0) is 6.07 Å². The monoisotopic (exact) mass is 374 g/mol. The van der Waals surface area contributed by atoms with E-state index in [2.05, 4.69) is 5.16 Å². The van der Waals surface area contributed by atoms with Gasteiger partial charge in [0.25, 0.3) is 5.69 Å². The van der Waals surface area contributed by atoms with E-state index in [-0.39, 0.29) is 22.8 Å². The lowest BCUT2D eigenvalue weighted by molar-refractivity contribution is -0.384. The second kappa shape index (κ2) is 6.42. The normalized spacial score (nSPS) is 15.6. The summed E-state index contributed by atoms with van der Waals surface area (Å²) in [4.78, 5) is 12.7. The summed E-state index contributed by atoms with van der Waals surface area (Å²) in [5, 5.41) is 23.5. The quantitative estimate of drug-likeness (QED) is 0.279. The average molecular weight is 374 g/mol. The van der Waals surface area contributed by atoms with Crippen LogP contribution < -0.4 is 15.4 Å². The van der Waals surface area contributed by atoms with Gasteiger partial charge in [-0.3, -0.25) is 10.1 Å². The Morgan fingerprint density at radius 3 is 2.70 bits per heavy atom. The topological polar surface area (TPSA) is 114 Å². The van der Waals surface area contributed by atoms with Crippen molar-refractivity contribution in [2.45, 2.75) is 19.3 Å². The summed E-state index contributed by atoms with van der Waals surface area (Å²) in [6, 6.07) is 7.42. The van der Waals surface area contributed by atoms with Gasteiger partial charge >= 0.3 is 0 Å². The highest BCUT2D eigenvalue weighted by Gasteiger charge is 2.43. The van der Waals surface area contributed by atoms with Gasteiger partial charge in [0.05, 0.1) is 23.3 Å². The van der Waals surface area contributed by atoms with Crippen LogP contribution in [0.3, 0.4) is 0 Å². The van der Waals surface area contributed by atoms with E-state index in [1.54, 1.807) is 23.1 Å². The highest BCUT2D eigenvalue weighted by molar-refractivity contribution is 6.02. The lowest BCUT2D eigenvalue weighted by Gasteiger charge is -2.22. The third-order valence-corrected chi connectivity index (χ3v) is 4.67. The molecule has 2 aromatic carbocycles. The molecule has 1 aliphatic heterocycles. The number of hydrogen-bond donors (Lipinski definition) is 2. The number of para-hydroxylation sites is 2. The molecule has 9 heteroatoms. The molecule has 27 heavy (non-hydrogen) atoms. The first kappa shape index (κ1) is 18.4. The summed E-state index contributed by atoms with van der Waals surface area (Å²) in [7, 11) is 1.39. The number of nitrogens with two attached hydrogens (primary N) is 1. The SMILES string of the molecule is COc1cc(F)c(C(N)=NO)c2c1N(c1ccccc1[N+](=O)[O-])CC2(C)C. The number of anilines is 2. The van der Waals surface area contributed by atoms with Crippen molar-refractivity contribution in [1.82, 2.24) is 0 Å². The molecule has 0 atom stereocenters. The van der Waals surface area contributed by atoms with Crippen LogP contribution in [0.2, 0.25) is 0 Å². The summed E-state index contributed by atoms with van der Waals surface area (Å²) in [5.41, 5.74) is 6.23. The zero-order valence-electron chi connectivity index (χ0n) is 15.1. The fourth-order valence-corrected chi connectivity index (χ4v) is 3.61. The van der Waals surface area contributed by atoms with Crippen molar-refractivity contribution in [1.29, 1.82) is 0 Å². The minimum Gasteiger partial charge on any atom is -0.494 e. The van der Waals surface area contributed by atoms with Crippen LogP contribution in [0.4, 0.5) is 21.5 Å². The van der Waals surface area contributed by atoms with Crippen molar-refractivity contribution in [2.24, 2.45) is 10.9 Å². The Hall–Kier alpha value is -3.36. The fraction of sp³-hybridized carbons (Fsp3) is 0.278. The molecular formula is C18H19FN4O4. The van der Waals surface area contributed by atoms with E-state index in [0.717, 1.165) is 6.07 Å². The second-order valence-corrected chi connectivity index (χ2v) is 6.86. The zero-order valence-corrected chi connectivity index (χ0v) is 15.1. The van der Waals surface area contributed by atoms with Crippen molar-refractivity contribution < 1.29 is 19.3 Å². The van der Waals surface area contributed by atoms with Gasteiger partial charge in [0.15, 0.2) is 5.84 Å². The largest absolute Gasteiger partial charge is 0.494 e. The first-order valence-electron chi connectivity index (χ1n) is 8.12. The van der Waals surface area contributed by atoms with Crippen LogP contribution in [0, 0.1) is 15.9 Å². The number of nitro groups is 1. The van der Waals surface area contributed by atoms with Crippen LogP contribution in [0.15, 0.2) is 35.5 Å². The highest BCUT2D eigenvalue weighted by Crippen LogP contribution is 2.52. The Bertz CT molecular complexity index is 959. The van der Waals surface area contributed by atoms with E-state index in [1.807, 2.05) is 13.8 Å². The molecule has 3 N–H and O–H groups in total. The lowest BCUT2D eigenvalue weighted by Crippen LogP contribution is -2.27. The number of fused-ring (bicyclic) bond motifs is 1. The Morgan fingerprint density at radius 2 is 2.11 bits per heavy atom. The molecule has 0 aromatic heterocycles. The maximum atomic E-state index is 14.7. The molecule has 3 rings (SSSR count). The average Bonchev–Trinajstić information content (AvgIpc) is 2.92. The first-order valence-corrected chi connectivity index (χ1v) is 8.12. The number of rotatable bonds is 4. The number of hydrogen-bond acceptors (Lipinski definition) is 6. The maximum absolute atomic E-state index is 14.7. The molecule has 8 nitrogen and oxygen atoms in total. The molecule has 0 amide bonds. The van der Waals surface area contributed by atoms with Crippen LogP contribution in [0.25, 0.3) is 0 Å². The van der Waals surface area contributed by atoms with E-state index in [9.17, 15) is 14.5 Å². The van der Waals surface area contributed by atoms with Gasteiger partial charge < -0.3 is 20.6 Å². The van der Waals surface area contributed by atoms with Gasteiger partial charge in [-0.2, -0.15) is 0 Å². The molecule has 0 aliphatic carbocycles. The molecule has 0 fully saturated rings. The Balaban J connectivity index is 2.38. The minimum absolute atomic E-state index is 0.0422. The summed E-state index contributed by atoms with van der Waals surface area (Å²) in [6.45, 7) is 4.03.